The van der Waals surface area contributed by atoms with E-state index in [-0.39, 0.29) is 5.41 Å². The number of rotatable bonds is 3. The molecule has 0 N–H and O–H groups in total. The van der Waals surface area contributed by atoms with E-state index in [1.807, 2.05) is 0 Å². The highest BCUT2D eigenvalue weighted by Gasteiger charge is 2.24. The molecule has 0 radical (unpaired) electrons. The van der Waals surface area contributed by atoms with Crippen molar-refractivity contribution in [3.8, 4) is 0 Å². The van der Waals surface area contributed by atoms with E-state index in [2.05, 4.69) is 47.3 Å². The molecule has 0 heteroatoms. The Hall–Kier alpha value is -0.260. The van der Waals surface area contributed by atoms with Crippen molar-refractivity contribution < 1.29 is 0 Å². The van der Waals surface area contributed by atoms with Crippen LogP contribution in [0.2, 0.25) is 0 Å². The van der Waals surface area contributed by atoms with Crippen LogP contribution < -0.4 is 0 Å². The van der Waals surface area contributed by atoms with Crippen molar-refractivity contribution in [2.75, 3.05) is 0 Å². The maximum absolute atomic E-state index is 3.84. The van der Waals surface area contributed by atoms with Gasteiger partial charge in [-0.3, -0.25) is 0 Å². The Morgan fingerprint density at radius 3 is 1.70 bits per heavy atom. The molecular formula is C10H20. The summed E-state index contributed by atoms with van der Waals surface area (Å²) in [7, 11) is 0. The minimum atomic E-state index is 0.286. The number of hydrogen-bond donors (Lipinski definition) is 0. The molecule has 0 aromatic carbocycles. The highest BCUT2D eigenvalue weighted by atomic mass is 14.3. The zero-order chi connectivity index (χ0) is 8.36. The summed E-state index contributed by atoms with van der Waals surface area (Å²) in [5.74, 6) is 1.46. The van der Waals surface area contributed by atoms with Crippen molar-refractivity contribution in [2.24, 2.45) is 17.3 Å². The lowest BCUT2D eigenvalue weighted by Gasteiger charge is -2.31. The topological polar surface area (TPSA) is 0 Å². The van der Waals surface area contributed by atoms with Gasteiger partial charge in [0.05, 0.1) is 0 Å². The molecular weight excluding hydrogens is 120 g/mol. The third-order valence-corrected chi connectivity index (χ3v) is 2.70. The molecule has 0 aliphatic heterocycles. The van der Waals surface area contributed by atoms with E-state index < -0.39 is 0 Å². The number of allylic oxidation sites excluding steroid dienone is 1. The Morgan fingerprint density at radius 2 is 1.60 bits per heavy atom. The zero-order valence-electron chi connectivity index (χ0n) is 7.94. The minimum absolute atomic E-state index is 0.286. The van der Waals surface area contributed by atoms with Gasteiger partial charge in [-0.05, 0) is 17.3 Å². The van der Waals surface area contributed by atoms with Gasteiger partial charge in [-0.2, -0.15) is 0 Å². The van der Waals surface area contributed by atoms with Gasteiger partial charge >= 0.3 is 0 Å². The van der Waals surface area contributed by atoms with E-state index in [0.29, 0.717) is 5.92 Å². The second-order valence-electron chi connectivity index (χ2n) is 4.06. The third-order valence-electron chi connectivity index (χ3n) is 2.70. The molecule has 0 bridgehead atoms. The van der Waals surface area contributed by atoms with E-state index in [4.69, 9.17) is 0 Å². The summed E-state index contributed by atoms with van der Waals surface area (Å²) in [6.07, 6.45) is 2.05. The largest absolute Gasteiger partial charge is 0.103 e. The molecule has 0 nitrogen and oxygen atoms in total. The van der Waals surface area contributed by atoms with Crippen molar-refractivity contribution in [1.29, 1.82) is 0 Å². The van der Waals surface area contributed by atoms with Gasteiger partial charge in [0.25, 0.3) is 0 Å². The van der Waals surface area contributed by atoms with Crippen LogP contribution >= 0.6 is 0 Å². The molecule has 0 aliphatic rings. The molecule has 1 unspecified atom stereocenters. The SMILES string of the molecule is C=CC(C)(C)C(C)C(C)C. The molecule has 10 heavy (non-hydrogen) atoms. The van der Waals surface area contributed by atoms with E-state index in [9.17, 15) is 0 Å². The quantitative estimate of drug-likeness (QED) is 0.526. The first-order chi connectivity index (χ1) is 4.41. The Morgan fingerprint density at radius 1 is 1.20 bits per heavy atom. The molecule has 1 atom stereocenters. The van der Waals surface area contributed by atoms with Crippen LogP contribution in [0.25, 0.3) is 0 Å². The van der Waals surface area contributed by atoms with E-state index >= 15 is 0 Å². The predicted octanol–water partition coefficient (Wildman–Crippen LogP) is 3.49. The van der Waals surface area contributed by atoms with Crippen LogP contribution in [0.5, 0.6) is 0 Å². The maximum atomic E-state index is 3.84. The highest BCUT2D eigenvalue weighted by molar-refractivity contribution is 4.92. The smallest absolute Gasteiger partial charge is 0.0149 e. The monoisotopic (exact) mass is 140 g/mol. The molecule has 0 fully saturated rings. The standard InChI is InChI=1S/C10H20/c1-7-10(5,6)9(4)8(2)3/h7-9H,1H2,2-6H3. The fourth-order valence-corrected chi connectivity index (χ4v) is 1.05. The molecule has 0 saturated heterocycles. The van der Waals surface area contributed by atoms with Crippen LogP contribution in [0.15, 0.2) is 12.7 Å². The molecule has 0 rings (SSSR count). The van der Waals surface area contributed by atoms with Crippen LogP contribution in [0.1, 0.15) is 34.6 Å². The van der Waals surface area contributed by atoms with Crippen molar-refractivity contribution in [1.82, 2.24) is 0 Å². The van der Waals surface area contributed by atoms with Gasteiger partial charge in [0.1, 0.15) is 0 Å². The summed E-state index contributed by atoms with van der Waals surface area (Å²) in [4.78, 5) is 0. The van der Waals surface area contributed by atoms with Crippen LogP contribution in [0, 0.1) is 17.3 Å². The lowest BCUT2D eigenvalue weighted by Crippen LogP contribution is -2.23. The van der Waals surface area contributed by atoms with Crippen LogP contribution in [-0.2, 0) is 0 Å². The fraction of sp³-hybridized carbons (Fsp3) is 0.800. The van der Waals surface area contributed by atoms with E-state index in [1.54, 1.807) is 0 Å². The lowest BCUT2D eigenvalue weighted by molar-refractivity contribution is 0.234. The van der Waals surface area contributed by atoms with E-state index in [0.717, 1.165) is 5.92 Å². The van der Waals surface area contributed by atoms with Crippen LogP contribution in [0.3, 0.4) is 0 Å². The normalized spacial score (nSPS) is 15.4. The molecule has 0 aromatic rings. The molecule has 0 spiro atoms. The maximum Gasteiger partial charge on any atom is -0.0149 e. The summed E-state index contributed by atoms with van der Waals surface area (Å²) in [5.41, 5.74) is 0.286. The van der Waals surface area contributed by atoms with E-state index in [1.165, 1.54) is 0 Å². The average molecular weight is 140 g/mol. The Bertz CT molecular complexity index is 109. The summed E-state index contributed by atoms with van der Waals surface area (Å²) >= 11 is 0. The molecule has 0 aliphatic carbocycles. The van der Waals surface area contributed by atoms with Gasteiger partial charge in [-0.1, -0.05) is 40.7 Å². The highest BCUT2D eigenvalue weighted by Crippen LogP contribution is 2.32. The predicted molar refractivity (Wildman–Crippen MR) is 48.0 cm³/mol. The second kappa shape index (κ2) is 3.23. The van der Waals surface area contributed by atoms with Crippen LogP contribution in [0.4, 0.5) is 0 Å². The minimum Gasteiger partial charge on any atom is -0.103 e. The summed E-state index contributed by atoms with van der Waals surface area (Å²) < 4.78 is 0. The Labute approximate surface area is 65.3 Å². The third kappa shape index (κ3) is 2.17. The van der Waals surface area contributed by atoms with Gasteiger partial charge in [-0.25, -0.2) is 0 Å². The molecule has 60 valence electrons. The first-order valence-corrected chi connectivity index (χ1v) is 4.05. The Balaban J connectivity index is 4.17. The zero-order valence-corrected chi connectivity index (χ0v) is 7.94. The fourth-order valence-electron chi connectivity index (χ4n) is 1.05. The van der Waals surface area contributed by atoms with Crippen LogP contribution in [-0.4, -0.2) is 0 Å². The molecule has 0 amide bonds. The van der Waals surface area contributed by atoms with Crippen molar-refractivity contribution >= 4 is 0 Å². The average Bonchev–Trinajstić information content (AvgIpc) is 1.86. The summed E-state index contributed by atoms with van der Waals surface area (Å²) in [5, 5.41) is 0. The summed E-state index contributed by atoms with van der Waals surface area (Å²) in [6.45, 7) is 15.1. The molecule has 0 aromatic heterocycles. The Kier molecular flexibility index (Phi) is 3.14. The first kappa shape index (κ1) is 9.74. The molecule has 0 heterocycles. The van der Waals surface area contributed by atoms with Gasteiger partial charge in [0, 0.05) is 0 Å². The summed E-state index contributed by atoms with van der Waals surface area (Å²) in [6, 6.07) is 0. The van der Waals surface area contributed by atoms with Crippen molar-refractivity contribution in [2.45, 2.75) is 34.6 Å². The van der Waals surface area contributed by atoms with Crippen molar-refractivity contribution in [3.63, 3.8) is 0 Å². The lowest BCUT2D eigenvalue weighted by atomic mass is 9.74. The van der Waals surface area contributed by atoms with Crippen molar-refractivity contribution in [3.05, 3.63) is 12.7 Å². The number of hydrogen-bond acceptors (Lipinski definition) is 0. The second-order valence-corrected chi connectivity index (χ2v) is 4.06. The molecule has 0 saturated carbocycles. The van der Waals surface area contributed by atoms with Gasteiger partial charge < -0.3 is 0 Å². The van der Waals surface area contributed by atoms with Gasteiger partial charge in [0.15, 0.2) is 0 Å². The first-order valence-electron chi connectivity index (χ1n) is 4.05. The van der Waals surface area contributed by atoms with Gasteiger partial charge in [0.2, 0.25) is 0 Å². The van der Waals surface area contributed by atoms with Gasteiger partial charge in [-0.15, -0.1) is 6.58 Å².